The van der Waals surface area contributed by atoms with Crippen LogP contribution in [0.25, 0.3) is 0 Å². The minimum atomic E-state index is -0.291. The number of nitrogens with one attached hydrogen (secondary N) is 1. The lowest BCUT2D eigenvalue weighted by Gasteiger charge is -2.20. The van der Waals surface area contributed by atoms with Crippen molar-refractivity contribution in [3.8, 4) is 0 Å². The Morgan fingerprint density at radius 2 is 1.56 bits per heavy atom. The van der Waals surface area contributed by atoms with Gasteiger partial charge in [-0.25, -0.2) is 4.39 Å². The van der Waals surface area contributed by atoms with Gasteiger partial charge >= 0.3 is 0 Å². The SMILES string of the molecule is O=C(C[C@@H](Nc1ccc(Br)cc1)c1ccc(F)cc1)c1ccccc1. The average Bonchev–Trinajstić information content (AvgIpc) is 2.64. The van der Waals surface area contributed by atoms with Crippen LogP contribution in [0.1, 0.15) is 28.4 Å². The maximum Gasteiger partial charge on any atom is 0.165 e. The van der Waals surface area contributed by atoms with Crippen molar-refractivity contribution < 1.29 is 9.18 Å². The van der Waals surface area contributed by atoms with Crippen molar-refractivity contribution >= 4 is 27.4 Å². The van der Waals surface area contributed by atoms with Crippen molar-refractivity contribution in [3.05, 3.63) is 100 Å². The van der Waals surface area contributed by atoms with Crippen LogP contribution in [-0.4, -0.2) is 5.78 Å². The van der Waals surface area contributed by atoms with Gasteiger partial charge in [0.2, 0.25) is 0 Å². The second kappa shape index (κ2) is 8.08. The quantitative estimate of drug-likeness (QED) is 0.515. The molecule has 0 aliphatic rings. The van der Waals surface area contributed by atoms with E-state index in [1.807, 2.05) is 54.6 Å². The summed E-state index contributed by atoms with van der Waals surface area (Å²) in [5.41, 5.74) is 2.44. The van der Waals surface area contributed by atoms with Crippen LogP contribution >= 0.6 is 15.9 Å². The predicted octanol–water partition coefficient (Wildman–Crippen LogP) is 6.01. The van der Waals surface area contributed by atoms with Crippen LogP contribution in [0.5, 0.6) is 0 Å². The van der Waals surface area contributed by atoms with Gasteiger partial charge in [-0.3, -0.25) is 4.79 Å². The molecule has 0 aliphatic carbocycles. The van der Waals surface area contributed by atoms with E-state index in [0.29, 0.717) is 5.56 Å². The number of benzene rings is 3. The van der Waals surface area contributed by atoms with Crippen LogP contribution in [-0.2, 0) is 0 Å². The highest BCUT2D eigenvalue weighted by Crippen LogP contribution is 2.25. The van der Waals surface area contributed by atoms with Gasteiger partial charge in [0, 0.05) is 22.1 Å². The maximum absolute atomic E-state index is 13.3. The summed E-state index contributed by atoms with van der Waals surface area (Å²) in [6.45, 7) is 0. The Hall–Kier alpha value is -2.46. The number of carbonyl (C=O) groups is 1. The van der Waals surface area contributed by atoms with Crippen molar-refractivity contribution in [2.45, 2.75) is 12.5 Å². The molecule has 0 fully saturated rings. The van der Waals surface area contributed by atoms with Crippen molar-refractivity contribution in [3.63, 3.8) is 0 Å². The minimum Gasteiger partial charge on any atom is -0.378 e. The van der Waals surface area contributed by atoms with E-state index in [2.05, 4.69) is 21.2 Å². The van der Waals surface area contributed by atoms with Gasteiger partial charge in [0.1, 0.15) is 5.82 Å². The molecule has 0 aliphatic heterocycles. The molecule has 4 heteroatoms. The number of Topliss-reactive ketones (excluding diaryl/α,β-unsaturated/α-hetero) is 1. The zero-order valence-corrected chi connectivity index (χ0v) is 15.0. The van der Waals surface area contributed by atoms with Gasteiger partial charge in [-0.2, -0.15) is 0 Å². The van der Waals surface area contributed by atoms with Gasteiger partial charge < -0.3 is 5.32 Å². The van der Waals surface area contributed by atoms with E-state index in [1.54, 1.807) is 12.1 Å². The highest BCUT2D eigenvalue weighted by molar-refractivity contribution is 9.10. The molecule has 3 aromatic carbocycles. The molecule has 2 nitrogen and oxygen atoms in total. The molecule has 25 heavy (non-hydrogen) atoms. The highest BCUT2D eigenvalue weighted by atomic mass is 79.9. The molecule has 126 valence electrons. The third kappa shape index (κ3) is 4.77. The molecule has 0 aromatic heterocycles. The fourth-order valence-corrected chi connectivity index (χ4v) is 2.89. The smallest absolute Gasteiger partial charge is 0.165 e. The van der Waals surface area contributed by atoms with Gasteiger partial charge in [0.25, 0.3) is 0 Å². The van der Waals surface area contributed by atoms with Crippen LogP contribution < -0.4 is 5.32 Å². The van der Waals surface area contributed by atoms with Gasteiger partial charge in [-0.1, -0.05) is 58.4 Å². The molecular weight excluding hydrogens is 381 g/mol. The summed E-state index contributed by atoms with van der Waals surface area (Å²) in [5, 5.41) is 3.38. The molecule has 0 saturated heterocycles. The van der Waals surface area contributed by atoms with E-state index in [4.69, 9.17) is 0 Å². The third-order valence-electron chi connectivity index (χ3n) is 3.94. The molecule has 0 spiro atoms. The summed E-state index contributed by atoms with van der Waals surface area (Å²) < 4.78 is 14.2. The molecule has 0 amide bonds. The van der Waals surface area contributed by atoms with E-state index in [-0.39, 0.29) is 24.1 Å². The first kappa shape index (κ1) is 17.4. The molecule has 0 saturated carbocycles. The summed E-state index contributed by atoms with van der Waals surface area (Å²) in [5.74, 6) is -0.250. The van der Waals surface area contributed by atoms with Crippen molar-refractivity contribution in [1.29, 1.82) is 0 Å². The van der Waals surface area contributed by atoms with Crippen molar-refractivity contribution in [1.82, 2.24) is 0 Å². The lowest BCUT2D eigenvalue weighted by Crippen LogP contribution is -2.16. The molecule has 0 radical (unpaired) electrons. The number of hydrogen-bond acceptors (Lipinski definition) is 2. The van der Waals surface area contributed by atoms with E-state index in [9.17, 15) is 9.18 Å². The minimum absolute atomic E-state index is 0.0412. The Balaban J connectivity index is 1.84. The summed E-state index contributed by atoms with van der Waals surface area (Å²) in [4.78, 5) is 12.6. The first-order valence-corrected chi connectivity index (χ1v) is 8.77. The fraction of sp³-hybridized carbons (Fsp3) is 0.0952. The topological polar surface area (TPSA) is 29.1 Å². The van der Waals surface area contributed by atoms with E-state index in [1.165, 1.54) is 12.1 Å². The number of ketones is 1. The first-order valence-electron chi connectivity index (χ1n) is 7.97. The Morgan fingerprint density at radius 3 is 2.20 bits per heavy atom. The largest absolute Gasteiger partial charge is 0.378 e. The van der Waals surface area contributed by atoms with Crippen LogP contribution in [0, 0.1) is 5.82 Å². The number of carbonyl (C=O) groups excluding carboxylic acids is 1. The summed E-state index contributed by atoms with van der Waals surface area (Å²) in [6.07, 6.45) is 0.283. The first-order chi connectivity index (χ1) is 12.1. The van der Waals surface area contributed by atoms with Gasteiger partial charge in [-0.15, -0.1) is 0 Å². The monoisotopic (exact) mass is 397 g/mol. The lowest BCUT2D eigenvalue weighted by atomic mass is 9.97. The van der Waals surface area contributed by atoms with Crippen LogP contribution in [0.15, 0.2) is 83.3 Å². The highest BCUT2D eigenvalue weighted by Gasteiger charge is 2.17. The van der Waals surface area contributed by atoms with E-state index in [0.717, 1.165) is 15.7 Å². The number of hydrogen-bond donors (Lipinski definition) is 1. The molecule has 3 aromatic rings. The zero-order chi connectivity index (χ0) is 17.6. The fourth-order valence-electron chi connectivity index (χ4n) is 2.62. The lowest BCUT2D eigenvalue weighted by molar-refractivity contribution is 0.0976. The molecule has 1 N–H and O–H groups in total. The summed E-state index contributed by atoms with van der Waals surface area (Å²) in [7, 11) is 0. The summed E-state index contributed by atoms with van der Waals surface area (Å²) in [6, 6.07) is 23.0. The number of rotatable bonds is 6. The molecule has 0 bridgehead atoms. The standard InChI is InChI=1S/C21H17BrFNO/c22-17-8-12-19(13-9-17)24-20(15-6-10-18(23)11-7-15)14-21(25)16-4-2-1-3-5-16/h1-13,20,24H,14H2/t20-/m1/s1. The maximum atomic E-state index is 13.3. The average molecular weight is 398 g/mol. The molecule has 0 unspecified atom stereocenters. The van der Waals surface area contributed by atoms with Crippen LogP contribution in [0.2, 0.25) is 0 Å². The number of anilines is 1. The van der Waals surface area contributed by atoms with Gasteiger partial charge in [0.05, 0.1) is 6.04 Å². The zero-order valence-electron chi connectivity index (χ0n) is 13.5. The Morgan fingerprint density at radius 1 is 0.920 bits per heavy atom. The Kier molecular flexibility index (Phi) is 5.61. The second-order valence-corrected chi connectivity index (χ2v) is 6.66. The molecule has 3 rings (SSSR count). The Labute approximate surface area is 154 Å². The van der Waals surface area contributed by atoms with Crippen LogP contribution in [0.4, 0.5) is 10.1 Å². The second-order valence-electron chi connectivity index (χ2n) is 5.75. The van der Waals surface area contributed by atoms with E-state index >= 15 is 0 Å². The summed E-state index contributed by atoms with van der Waals surface area (Å²) >= 11 is 3.41. The van der Waals surface area contributed by atoms with Crippen molar-refractivity contribution in [2.24, 2.45) is 0 Å². The van der Waals surface area contributed by atoms with Crippen LogP contribution in [0.3, 0.4) is 0 Å². The number of halogens is 2. The molecule has 1 atom stereocenters. The molecule has 0 heterocycles. The van der Waals surface area contributed by atoms with E-state index < -0.39 is 0 Å². The normalized spacial score (nSPS) is 11.8. The van der Waals surface area contributed by atoms with Crippen molar-refractivity contribution in [2.75, 3.05) is 5.32 Å². The third-order valence-corrected chi connectivity index (χ3v) is 4.47. The predicted molar refractivity (Wildman–Crippen MR) is 102 cm³/mol. The molecular formula is C21H17BrFNO. The van der Waals surface area contributed by atoms with Gasteiger partial charge in [-0.05, 0) is 42.0 Å². The van der Waals surface area contributed by atoms with Gasteiger partial charge in [0.15, 0.2) is 5.78 Å². The Bertz CT molecular complexity index is 832.